The van der Waals surface area contributed by atoms with Crippen LogP contribution in [0, 0.1) is 0 Å². The van der Waals surface area contributed by atoms with Crippen molar-refractivity contribution in [3.05, 3.63) is 63.1 Å². The molecule has 3 rings (SSSR count). The smallest absolute Gasteiger partial charge is 0.332 e. The molecule has 3 aromatic rings. The largest absolute Gasteiger partial charge is 0.348 e. The van der Waals surface area contributed by atoms with Crippen molar-refractivity contribution in [1.82, 2.24) is 24.0 Å². The molecular weight excluding hydrogens is 346 g/mol. The van der Waals surface area contributed by atoms with Crippen LogP contribution in [0.1, 0.15) is 31.4 Å². The van der Waals surface area contributed by atoms with Crippen LogP contribution >= 0.6 is 0 Å². The SMILES string of the molecule is CCC[C@H](NC(=O)Cn1c(=O)c2c(ncn2C)n(C)c1=O)c1ccccc1. The molecule has 27 heavy (non-hydrogen) atoms. The molecule has 0 aliphatic heterocycles. The molecule has 0 radical (unpaired) electrons. The van der Waals surface area contributed by atoms with Gasteiger partial charge in [0.05, 0.1) is 12.4 Å². The third kappa shape index (κ3) is 3.55. The van der Waals surface area contributed by atoms with Crippen molar-refractivity contribution in [2.45, 2.75) is 32.4 Å². The lowest BCUT2D eigenvalue weighted by atomic mass is 10.0. The van der Waals surface area contributed by atoms with Gasteiger partial charge in [-0.3, -0.25) is 14.2 Å². The monoisotopic (exact) mass is 369 g/mol. The standard InChI is InChI=1S/C19H23N5O3/c1-4-8-14(13-9-6-5-7-10-13)21-15(25)11-24-18(26)16-17(20-12-22(16)2)23(3)19(24)27/h5-7,9-10,12,14H,4,8,11H2,1-3H3,(H,21,25)/t14-/m0/s1. The van der Waals surface area contributed by atoms with Gasteiger partial charge >= 0.3 is 5.69 Å². The predicted molar refractivity (Wildman–Crippen MR) is 102 cm³/mol. The van der Waals surface area contributed by atoms with Gasteiger partial charge in [0.15, 0.2) is 11.2 Å². The van der Waals surface area contributed by atoms with E-state index >= 15 is 0 Å². The minimum Gasteiger partial charge on any atom is -0.348 e. The van der Waals surface area contributed by atoms with E-state index in [9.17, 15) is 14.4 Å². The lowest BCUT2D eigenvalue weighted by Gasteiger charge is -2.19. The van der Waals surface area contributed by atoms with Crippen molar-refractivity contribution < 1.29 is 4.79 Å². The number of nitrogens with zero attached hydrogens (tertiary/aromatic N) is 4. The van der Waals surface area contributed by atoms with Gasteiger partial charge < -0.3 is 9.88 Å². The van der Waals surface area contributed by atoms with Crippen LogP contribution < -0.4 is 16.6 Å². The number of amides is 1. The summed E-state index contributed by atoms with van der Waals surface area (Å²) < 4.78 is 3.79. The lowest BCUT2D eigenvalue weighted by molar-refractivity contribution is -0.122. The highest BCUT2D eigenvalue weighted by Crippen LogP contribution is 2.17. The molecular formula is C19H23N5O3. The first-order valence-electron chi connectivity index (χ1n) is 8.89. The summed E-state index contributed by atoms with van der Waals surface area (Å²) in [4.78, 5) is 41.9. The number of nitrogens with one attached hydrogen (secondary N) is 1. The minimum atomic E-state index is -0.562. The maximum atomic E-state index is 12.7. The van der Waals surface area contributed by atoms with Crippen LogP contribution in [0.2, 0.25) is 0 Å². The summed E-state index contributed by atoms with van der Waals surface area (Å²) >= 11 is 0. The van der Waals surface area contributed by atoms with Gasteiger partial charge in [0.2, 0.25) is 5.91 Å². The highest BCUT2D eigenvalue weighted by Gasteiger charge is 2.19. The number of rotatable bonds is 6. The summed E-state index contributed by atoms with van der Waals surface area (Å²) in [7, 11) is 3.22. The average Bonchev–Trinajstić information content (AvgIpc) is 3.05. The van der Waals surface area contributed by atoms with Crippen LogP contribution in [-0.4, -0.2) is 24.6 Å². The van der Waals surface area contributed by atoms with Crippen LogP contribution in [0.3, 0.4) is 0 Å². The number of benzene rings is 1. The number of aromatic nitrogens is 4. The van der Waals surface area contributed by atoms with E-state index in [-0.39, 0.29) is 24.0 Å². The lowest BCUT2D eigenvalue weighted by Crippen LogP contribution is -2.44. The van der Waals surface area contributed by atoms with Crippen molar-refractivity contribution in [2.75, 3.05) is 0 Å². The van der Waals surface area contributed by atoms with E-state index in [1.807, 2.05) is 37.3 Å². The number of imidazole rings is 1. The Balaban J connectivity index is 1.91. The van der Waals surface area contributed by atoms with Crippen LogP contribution in [0.15, 0.2) is 46.2 Å². The first-order chi connectivity index (χ1) is 12.9. The highest BCUT2D eigenvalue weighted by molar-refractivity contribution is 5.77. The topological polar surface area (TPSA) is 90.9 Å². The Morgan fingerprint density at radius 2 is 1.89 bits per heavy atom. The fourth-order valence-electron chi connectivity index (χ4n) is 3.22. The zero-order chi connectivity index (χ0) is 19.6. The van der Waals surface area contributed by atoms with Gasteiger partial charge in [-0.15, -0.1) is 0 Å². The molecule has 0 saturated carbocycles. The second-order valence-corrected chi connectivity index (χ2v) is 6.58. The molecule has 2 aromatic heterocycles. The summed E-state index contributed by atoms with van der Waals surface area (Å²) in [5.41, 5.74) is 0.508. The number of aryl methyl sites for hydroxylation is 2. The third-order valence-electron chi connectivity index (χ3n) is 4.62. The number of hydrogen-bond donors (Lipinski definition) is 1. The van der Waals surface area contributed by atoms with E-state index in [0.29, 0.717) is 5.65 Å². The van der Waals surface area contributed by atoms with E-state index < -0.39 is 11.2 Å². The molecule has 0 fully saturated rings. The van der Waals surface area contributed by atoms with Gasteiger partial charge in [0.25, 0.3) is 5.56 Å². The Morgan fingerprint density at radius 3 is 2.56 bits per heavy atom. The molecule has 1 aromatic carbocycles. The minimum absolute atomic E-state index is 0.163. The van der Waals surface area contributed by atoms with E-state index in [4.69, 9.17) is 0 Å². The third-order valence-corrected chi connectivity index (χ3v) is 4.62. The molecule has 8 heteroatoms. The molecule has 0 aliphatic carbocycles. The van der Waals surface area contributed by atoms with Crippen molar-refractivity contribution in [3.8, 4) is 0 Å². The number of hydrogen-bond acceptors (Lipinski definition) is 4. The Kier molecular flexibility index (Phi) is 5.25. The Labute approximate surface area is 156 Å². The second kappa shape index (κ2) is 7.61. The fraction of sp³-hybridized carbons (Fsp3) is 0.368. The average molecular weight is 369 g/mol. The fourth-order valence-corrected chi connectivity index (χ4v) is 3.22. The first kappa shape index (κ1) is 18.6. The molecule has 2 heterocycles. The Bertz CT molecular complexity index is 1080. The zero-order valence-electron chi connectivity index (χ0n) is 15.7. The summed E-state index contributed by atoms with van der Waals surface area (Å²) in [5.74, 6) is -0.377. The van der Waals surface area contributed by atoms with Crippen molar-refractivity contribution in [2.24, 2.45) is 14.1 Å². The number of fused-ring (bicyclic) bond motifs is 1. The van der Waals surface area contributed by atoms with Gasteiger partial charge in [-0.25, -0.2) is 14.3 Å². The molecule has 1 atom stereocenters. The Morgan fingerprint density at radius 1 is 1.19 bits per heavy atom. The molecule has 8 nitrogen and oxygen atoms in total. The van der Waals surface area contributed by atoms with E-state index in [0.717, 1.165) is 23.0 Å². The molecule has 0 spiro atoms. The highest BCUT2D eigenvalue weighted by atomic mass is 16.2. The van der Waals surface area contributed by atoms with Gasteiger partial charge in [0.1, 0.15) is 6.54 Å². The first-order valence-corrected chi connectivity index (χ1v) is 8.89. The van der Waals surface area contributed by atoms with Gasteiger partial charge in [0, 0.05) is 14.1 Å². The summed E-state index contributed by atoms with van der Waals surface area (Å²) in [5, 5.41) is 2.94. The molecule has 142 valence electrons. The summed E-state index contributed by atoms with van der Waals surface area (Å²) in [6.07, 6.45) is 3.13. The van der Waals surface area contributed by atoms with E-state index in [1.54, 1.807) is 11.6 Å². The zero-order valence-corrected chi connectivity index (χ0v) is 15.7. The normalized spacial score (nSPS) is 12.3. The summed E-state index contributed by atoms with van der Waals surface area (Å²) in [6.45, 7) is 1.71. The maximum absolute atomic E-state index is 12.7. The maximum Gasteiger partial charge on any atom is 0.332 e. The summed E-state index contributed by atoms with van der Waals surface area (Å²) in [6, 6.07) is 9.49. The van der Waals surface area contributed by atoms with Gasteiger partial charge in [-0.2, -0.15) is 0 Å². The van der Waals surface area contributed by atoms with Gasteiger partial charge in [-0.1, -0.05) is 43.7 Å². The van der Waals surface area contributed by atoms with Crippen molar-refractivity contribution in [3.63, 3.8) is 0 Å². The van der Waals surface area contributed by atoms with E-state index in [2.05, 4.69) is 10.3 Å². The van der Waals surface area contributed by atoms with Crippen molar-refractivity contribution in [1.29, 1.82) is 0 Å². The molecule has 0 bridgehead atoms. The van der Waals surface area contributed by atoms with Crippen LogP contribution in [0.5, 0.6) is 0 Å². The second-order valence-electron chi connectivity index (χ2n) is 6.58. The van der Waals surface area contributed by atoms with Crippen LogP contribution in [-0.2, 0) is 25.4 Å². The van der Waals surface area contributed by atoms with Crippen LogP contribution in [0.4, 0.5) is 0 Å². The Hall–Kier alpha value is -3.16. The molecule has 0 unspecified atom stereocenters. The van der Waals surface area contributed by atoms with Crippen LogP contribution in [0.25, 0.3) is 11.2 Å². The molecule has 0 saturated heterocycles. The number of carbonyl (C=O) groups excluding carboxylic acids is 1. The molecule has 1 N–H and O–H groups in total. The van der Waals surface area contributed by atoms with Crippen molar-refractivity contribution >= 4 is 17.1 Å². The van der Waals surface area contributed by atoms with Gasteiger partial charge in [-0.05, 0) is 12.0 Å². The molecule has 1 amide bonds. The number of carbonyl (C=O) groups is 1. The molecule has 0 aliphatic rings. The quantitative estimate of drug-likeness (QED) is 0.704. The predicted octanol–water partition coefficient (Wildman–Crippen LogP) is 1.09. The van der Waals surface area contributed by atoms with E-state index in [1.165, 1.54) is 17.9 Å².